The fraction of sp³-hybridized carbons (Fsp3) is 0.568. The highest BCUT2D eigenvalue weighted by atomic mass is 32.2. The normalized spacial score (nSPS) is 24.4. The average molecular weight is 761 g/mol. The Kier molecular flexibility index (Phi) is 9.78. The predicted octanol–water partition coefficient (Wildman–Crippen LogP) is 5.23. The lowest BCUT2D eigenvalue weighted by Crippen LogP contribution is -2.59. The lowest BCUT2D eigenvalue weighted by Gasteiger charge is -2.36. The predicted molar refractivity (Wildman–Crippen MR) is 192 cm³/mol. The summed E-state index contributed by atoms with van der Waals surface area (Å²) in [4.78, 5) is 48.6. The van der Waals surface area contributed by atoms with Crippen molar-refractivity contribution in [2.24, 2.45) is 11.3 Å². The minimum atomic E-state index is -4.60. The molecule has 53 heavy (non-hydrogen) atoms. The molecule has 3 N–H and O–H groups in total. The summed E-state index contributed by atoms with van der Waals surface area (Å²) >= 11 is 0. The van der Waals surface area contributed by atoms with Crippen LogP contribution >= 0.6 is 0 Å². The minimum absolute atomic E-state index is 0.00970. The number of alkyl halides is 3. The summed E-state index contributed by atoms with van der Waals surface area (Å²) in [6.07, 6.45) is -3.78. The number of ether oxygens (including phenoxy) is 1. The number of likely N-dealkylation sites (tertiary alicyclic amines) is 1. The topological polar surface area (TPSA) is 152 Å². The number of rotatable bonds is 12. The van der Waals surface area contributed by atoms with E-state index in [4.69, 9.17) is 4.74 Å². The molecule has 12 nitrogen and oxygen atoms in total. The Morgan fingerprint density at radius 2 is 1.75 bits per heavy atom. The Hall–Kier alpha value is -4.34. The van der Waals surface area contributed by atoms with Crippen LogP contribution in [0, 0.1) is 11.3 Å². The molecular weight excluding hydrogens is 714 g/mol. The number of hydrogen-bond acceptors (Lipinski definition) is 8. The maximum Gasteiger partial charge on any atom is 0.416 e. The molecule has 3 amide bonds. The van der Waals surface area contributed by atoms with Gasteiger partial charge in [0.1, 0.15) is 23.7 Å². The molecule has 0 spiro atoms. The van der Waals surface area contributed by atoms with Crippen LogP contribution in [-0.4, -0.2) is 75.6 Å². The van der Waals surface area contributed by atoms with Crippen molar-refractivity contribution in [3.8, 4) is 6.01 Å². The largest absolute Gasteiger partial charge is 0.459 e. The average Bonchev–Trinajstić information content (AvgIpc) is 3.92. The van der Waals surface area contributed by atoms with E-state index in [0.29, 0.717) is 37.3 Å². The second-order valence-electron chi connectivity index (χ2n) is 15.8. The molecule has 0 radical (unpaired) electrons. The van der Waals surface area contributed by atoms with Gasteiger partial charge in [-0.25, -0.2) is 8.42 Å². The Labute approximate surface area is 307 Å². The van der Waals surface area contributed by atoms with Crippen molar-refractivity contribution in [1.29, 1.82) is 0 Å². The van der Waals surface area contributed by atoms with Gasteiger partial charge in [0.2, 0.25) is 21.8 Å². The molecule has 2 saturated carbocycles. The fourth-order valence-corrected chi connectivity index (χ4v) is 8.45. The summed E-state index contributed by atoms with van der Waals surface area (Å²) in [5, 5.41) is 5.84. The molecule has 288 valence electrons. The first-order valence-corrected chi connectivity index (χ1v) is 19.5. The number of nitrogens with zero attached hydrogens (tertiary/aromatic N) is 3. The molecule has 2 heterocycles. The summed E-state index contributed by atoms with van der Waals surface area (Å²) < 4.78 is 76.3. The van der Waals surface area contributed by atoms with E-state index in [1.807, 2.05) is 42.7 Å². The highest BCUT2D eigenvalue weighted by Crippen LogP contribution is 2.48. The number of hydrogen-bond donors (Lipinski definition) is 3. The van der Waals surface area contributed by atoms with Gasteiger partial charge in [-0.15, -0.1) is 0 Å². The van der Waals surface area contributed by atoms with Crippen molar-refractivity contribution in [3.63, 3.8) is 0 Å². The molecule has 1 saturated heterocycles. The molecule has 1 aliphatic heterocycles. The third-order valence-corrected chi connectivity index (χ3v) is 13.0. The molecule has 0 bridgehead atoms. The molecule has 6 rings (SSSR count). The highest BCUT2D eigenvalue weighted by Gasteiger charge is 2.63. The van der Waals surface area contributed by atoms with Gasteiger partial charge in [0.25, 0.3) is 11.9 Å². The standard InChI is InChI=1S/C37H47F3N6O6S/c1-7-22-20-36(22,32(49)44-53(50,51)35(6)16-17-35)43-30(47)28-19-25(52-33-42-26-14-9-10-15-27(26)45(33)8-2)21-46(28)31(48)29(34(3,4)5)41-24-13-11-12-23(18-24)37(38,39)40/h9-15,18,22,25,28-29,41H,7-8,16-17,19-21H2,1-6H3,(H,43,47)(H,44,49)/t22-,25-,28+,29-,36-/m1/s1. The molecule has 2 aliphatic carbocycles. The van der Waals surface area contributed by atoms with Gasteiger partial charge >= 0.3 is 6.18 Å². The number of aromatic nitrogens is 2. The van der Waals surface area contributed by atoms with E-state index in [0.717, 1.165) is 17.6 Å². The zero-order valence-corrected chi connectivity index (χ0v) is 31.5. The number of imidazole rings is 1. The molecule has 5 atom stereocenters. The maximum absolute atomic E-state index is 14.6. The minimum Gasteiger partial charge on any atom is -0.459 e. The number of carbonyl (C=O) groups excluding carboxylic acids is 3. The number of para-hydroxylation sites is 2. The van der Waals surface area contributed by atoms with Crippen molar-refractivity contribution in [1.82, 2.24) is 24.5 Å². The van der Waals surface area contributed by atoms with Crippen molar-refractivity contribution in [2.75, 3.05) is 11.9 Å². The van der Waals surface area contributed by atoms with E-state index >= 15 is 0 Å². The maximum atomic E-state index is 14.6. The monoisotopic (exact) mass is 760 g/mol. The lowest BCUT2D eigenvalue weighted by atomic mass is 9.85. The Balaban J connectivity index is 1.31. The summed E-state index contributed by atoms with van der Waals surface area (Å²) in [6.45, 7) is 11.1. The van der Waals surface area contributed by atoms with Crippen LogP contribution in [0.1, 0.15) is 79.2 Å². The van der Waals surface area contributed by atoms with Gasteiger partial charge in [-0.1, -0.05) is 52.3 Å². The van der Waals surface area contributed by atoms with E-state index in [2.05, 4.69) is 20.3 Å². The van der Waals surface area contributed by atoms with E-state index in [-0.39, 0.29) is 31.0 Å². The van der Waals surface area contributed by atoms with Crippen LogP contribution in [0.4, 0.5) is 18.9 Å². The van der Waals surface area contributed by atoms with Crippen LogP contribution in [0.25, 0.3) is 11.0 Å². The molecule has 3 fully saturated rings. The van der Waals surface area contributed by atoms with Gasteiger partial charge in [0.15, 0.2) is 0 Å². The van der Waals surface area contributed by atoms with E-state index in [1.165, 1.54) is 17.0 Å². The highest BCUT2D eigenvalue weighted by molar-refractivity contribution is 7.91. The van der Waals surface area contributed by atoms with Crippen molar-refractivity contribution in [3.05, 3.63) is 54.1 Å². The smallest absolute Gasteiger partial charge is 0.416 e. The summed E-state index contributed by atoms with van der Waals surface area (Å²) in [5.41, 5.74) is -1.62. The summed E-state index contributed by atoms with van der Waals surface area (Å²) in [7, 11) is -3.99. The van der Waals surface area contributed by atoms with Gasteiger partial charge in [0, 0.05) is 18.7 Å². The number of carbonyl (C=O) groups is 3. The van der Waals surface area contributed by atoms with Crippen LogP contribution in [0.3, 0.4) is 0 Å². The molecule has 0 unspecified atom stereocenters. The van der Waals surface area contributed by atoms with Crippen LogP contribution in [0.5, 0.6) is 6.01 Å². The van der Waals surface area contributed by atoms with Crippen LogP contribution in [0.2, 0.25) is 0 Å². The molecule has 2 aromatic carbocycles. The number of anilines is 1. The lowest BCUT2D eigenvalue weighted by molar-refractivity contribution is -0.141. The number of aryl methyl sites for hydroxylation is 1. The van der Waals surface area contributed by atoms with Crippen LogP contribution in [0.15, 0.2) is 48.5 Å². The number of fused-ring (bicyclic) bond motifs is 1. The molecule has 16 heteroatoms. The number of nitrogens with one attached hydrogen (secondary N) is 3. The van der Waals surface area contributed by atoms with Crippen molar-refractivity contribution < 1.29 is 40.7 Å². The first kappa shape index (κ1) is 38.4. The third kappa shape index (κ3) is 7.43. The number of benzene rings is 2. The van der Waals surface area contributed by atoms with E-state index in [1.54, 1.807) is 27.7 Å². The van der Waals surface area contributed by atoms with Gasteiger partial charge in [-0.3, -0.25) is 23.7 Å². The van der Waals surface area contributed by atoms with E-state index < -0.39 is 73.4 Å². The number of amides is 3. The van der Waals surface area contributed by atoms with Gasteiger partial charge in [-0.05, 0) is 74.8 Å². The van der Waals surface area contributed by atoms with Crippen LogP contribution < -0.4 is 20.1 Å². The first-order valence-electron chi connectivity index (χ1n) is 18.0. The quantitative estimate of drug-likeness (QED) is 0.227. The number of sulfonamides is 1. The van der Waals surface area contributed by atoms with Gasteiger partial charge in [0.05, 0.1) is 27.9 Å². The number of halogens is 3. The second kappa shape index (κ2) is 13.5. The molecule has 1 aromatic heterocycles. The van der Waals surface area contributed by atoms with Crippen molar-refractivity contribution >= 4 is 44.5 Å². The SMILES string of the molecule is CC[C@@H]1C[C@]1(NC(=O)[C@@H]1C[C@@H](Oc2nc3ccccc3n2CC)CN1C(=O)[C@@H](Nc1cccc(C(F)(F)F)c1)C(C)(C)C)C(=O)NS(=O)(=O)C1(C)CC1. The Bertz CT molecular complexity index is 2020. The third-order valence-electron chi connectivity index (χ3n) is 10.8. The molecule has 3 aliphatic rings. The first-order chi connectivity index (χ1) is 24.7. The van der Waals surface area contributed by atoms with Crippen LogP contribution in [-0.2, 0) is 37.1 Å². The van der Waals surface area contributed by atoms with Gasteiger partial charge < -0.3 is 20.3 Å². The van der Waals surface area contributed by atoms with E-state index in [9.17, 15) is 36.0 Å². The summed E-state index contributed by atoms with van der Waals surface area (Å²) in [5.74, 6) is -2.37. The van der Waals surface area contributed by atoms with Gasteiger partial charge in [-0.2, -0.15) is 18.2 Å². The zero-order chi connectivity index (χ0) is 38.7. The second-order valence-corrected chi connectivity index (χ2v) is 18.0. The summed E-state index contributed by atoms with van der Waals surface area (Å²) in [6, 6.07) is 10.1. The zero-order valence-electron chi connectivity index (χ0n) is 30.7. The Morgan fingerprint density at radius 1 is 1.06 bits per heavy atom. The fourth-order valence-electron chi connectivity index (χ4n) is 7.13. The van der Waals surface area contributed by atoms with Crippen molar-refractivity contribution in [2.45, 2.75) is 115 Å². The Morgan fingerprint density at radius 3 is 2.36 bits per heavy atom. The molecule has 3 aromatic rings. The molecular formula is C37H47F3N6O6S.